The van der Waals surface area contributed by atoms with Crippen LogP contribution < -0.4 is 5.73 Å². The summed E-state index contributed by atoms with van der Waals surface area (Å²) in [7, 11) is 1.87. The van der Waals surface area contributed by atoms with Crippen LogP contribution in [0.15, 0.2) is 18.2 Å². The van der Waals surface area contributed by atoms with Crippen molar-refractivity contribution in [1.82, 2.24) is 4.90 Å². The summed E-state index contributed by atoms with van der Waals surface area (Å²) in [6, 6.07) is 6.29. The lowest BCUT2D eigenvalue weighted by Crippen LogP contribution is -2.40. The number of likely N-dealkylation sites (tertiary alicyclic amines) is 1. The molecular formula is C15H22N2O. The number of benzene rings is 1. The zero-order chi connectivity index (χ0) is 13.3. The zero-order valence-electron chi connectivity index (χ0n) is 11.4. The lowest BCUT2D eigenvalue weighted by atomic mass is 9.91. The van der Waals surface area contributed by atoms with Gasteiger partial charge < -0.3 is 10.6 Å². The predicted molar refractivity (Wildman–Crippen MR) is 73.3 cm³/mol. The van der Waals surface area contributed by atoms with E-state index in [9.17, 15) is 4.79 Å². The molecule has 3 nitrogen and oxygen atoms in total. The molecule has 18 heavy (non-hydrogen) atoms. The molecule has 1 aliphatic rings. The Kier molecular flexibility index (Phi) is 3.71. The smallest absolute Gasteiger partial charge is 0.222 e. The van der Waals surface area contributed by atoms with E-state index in [4.69, 9.17) is 5.73 Å². The van der Waals surface area contributed by atoms with E-state index in [2.05, 4.69) is 26.0 Å². The van der Waals surface area contributed by atoms with Gasteiger partial charge in [0.1, 0.15) is 0 Å². The van der Waals surface area contributed by atoms with Crippen molar-refractivity contribution in [3.63, 3.8) is 0 Å². The average molecular weight is 246 g/mol. The van der Waals surface area contributed by atoms with Gasteiger partial charge in [-0.25, -0.2) is 0 Å². The fourth-order valence-corrected chi connectivity index (χ4v) is 2.80. The van der Waals surface area contributed by atoms with E-state index in [1.165, 1.54) is 16.7 Å². The first-order valence-electron chi connectivity index (χ1n) is 6.59. The zero-order valence-corrected chi connectivity index (χ0v) is 11.4. The van der Waals surface area contributed by atoms with Crippen LogP contribution in [0.1, 0.15) is 42.0 Å². The van der Waals surface area contributed by atoms with Gasteiger partial charge in [-0.2, -0.15) is 0 Å². The molecule has 1 aliphatic heterocycles. The van der Waals surface area contributed by atoms with Gasteiger partial charge in [-0.1, -0.05) is 18.2 Å². The van der Waals surface area contributed by atoms with Gasteiger partial charge in [-0.3, -0.25) is 4.79 Å². The van der Waals surface area contributed by atoms with Crippen LogP contribution in [0.4, 0.5) is 0 Å². The molecule has 2 atom stereocenters. The minimum absolute atomic E-state index is 0.0138. The molecule has 1 fully saturated rings. The molecule has 98 valence electrons. The highest BCUT2D eigenvalue weighted by Gasteiger charge is 2.31. The molecule has 2 rings (SSSR count). The highest BCUT2D eigenvalue weighted by Crippen LogP contribution is 2.31. The van der Waals surface area contributed by atoms with E-state index in [-0.39, 0.29) is 18.0 Å². The van der Waals surface area contributed by atoms with Gasteiger partial charge in [0.05, 0.1) is 6.04 Å². The van der Waals surface area contributed by atoms with E-state index < -0.39 is 0 Å². The van der Waals surface area contributed by atoms with Crippen molar-refractivity contribution in [2.24, 2.45) is 5.73 Å². The molecule has 1 amide bonds. The van der Waals surface area contributed by atoms with Crippen LogP contribution in [0.3, 0.4) is 0 Å². The molecule has 0 saturated carbocycles. The monoisotopic (exact) mass is 246 g/mol. The second-order valence-electron chi connectivity index (χ2n) is 5.29. The van der Waals surface area contributed by atoms with Crippen molar-refractivity contribution in [2.75, 3.05) is 7.05 Å². The fourth-order valence-electron chi connectivity index (χ4n) is 2.80. The van der Waals surface area contributed by atoms with Crippen LogP contribution in [0.5, 0.6) is 0 Å². The summed E-state index contributed by atoms with van der Waals surface area (Å²) in [4.78, 5) is 13.8. The Morgan fingerprint density at radius 2 is 2.06 bits per heavy atom. The molecule has 0 radical (unpaired) electrons. The standard InChI is InChI=1S/C15H22N2O/c1-10-6-4-7-12(11(10)2)15-13(16)8-5-9-14(18)17(15)3/h4,6-7,13,15H,5,8-9,16H2,1-3H3. The van der Waals surface area contributed by atoms with Crippen molar-refractivity contribution in [3.05, 3.63) is 34.9 Å². The van der Waals surface area contributed by atoms with Crippen molar-refractivity contribution >= 4 is 5.91 Å². The lowest BCUT2D eigenvalue weighted by Gasteiger charge is -2.32. The van der Waals surface area contributed by atoms with Crippen molar-refractivity contribution in [3.8, 4) is 0 Å². The summed E-state index contributed by atoms with van der Waals surface area (Å²) in [5, 5.41) is 0. The van der Waals surface area contributed by atoms with Crippen LogP contribution in [-0.4, -0.2) is 23.9 Å². The van der Waals surface area contributed by atoms with Gasteiger partial charge in [0.15, 0.2) is 0 Å². The van der Waals surface area contributed by atoms with Gasteiger partial charge in [-0.15, -0.1) is 0 Å². The van der Waals surface area contributed by atoms with E-state index >= 15 is 0 Å². The quantitative estimate of drug-likeness (QED) is 0.826. The van der Waals surface area contributed by atoms with Crippen molar-refractivity contribution in [1.29, 1.82) is 0 Å². The highest BCUT2D eigenvalue weighted by atomic mass is 16.2. The normalized spacial score (nSPS) is 25.1. The van der Waals surface area contributed by atoms with Crippen molar-refractivity contribution < 1.29 is 4.79 Å². The van der Waals surface area contributed by atoms with Crippen LogP contribution in [0.25, 0.3) is 0 Å². The SMILES string of the molecule is Cc1cccc(C2C(N)CCCC(=O)N2C)c1C. The number of hydrogen-bond donors (Lipinski definition) is 1. The third-order valence-electron chi connectivity index (χ3n) is 4.11. The van der Waals surface area contributed by atoms with E-state index in [1.54, 1.807) is 0 Å². The van der Waals surface area contributed by atoms with Crippen LogP contribution in [0.2, 0.25) is 0 Å². The molecule has 0 aromatic heterocycles. The number of amides is 1. The summed E-state index contributed by atoms with van der Waals surface area (Å²) in [6.45, 7) is 4.21. The number of nitrogens with zero attached hydrogens (tertiary/aromatic N) is 1. The largest absolute Gasteiger partial charge is 0.337 e. The Labute approximate surface area is 109 Å². The van der Waals surface area contributed by atoms with Gasteiger partial charge in [-0.05, 0) is 43.4 Å². The molecule has 0 aliphatic carbocycles. The Bertz CT molecular complexity index is 456. The number of nitrogens with two attached hydrogens (primary N) is 1. The summed E-state index contributed by atoms with van der Waals surface area (Å²) < 4.78 is 0. The van der Waals surface area contributed by atoms with Crippen LogP contribution in [0, 0.1) is 13.8 Å². The minimum atomic E-state index is 0.0138. The Morgan fingerprint density at radius 1 is 1.33 bits per heavy atom. The predicted octanol–water partition coefficient (Wildman–Crippen LogP) is 2.31. The molecule has 1 aromatic rings. The Hall–Kier alpha value is -1.35. The number of aryl methyl sites for hydroxylation is 1. The molecule has 2 N–H and O–H groups in total. The van der Waals surface area contributed by atoms with Gasteiger partial charge >= 0.3 is 0 Å². The second kappa shape index (κ2) is 5.11. The van der Waals surface area contributed by atoms with Crippen molar-refractivity contribution in [2.45, 2.75) is 45.2 Å². The van der Waals surface area contributed by atoms with E-state index in [1.807, 2.05) is 18.0 Å². The Morgan fingerprint density at radius 3 is 2.78 bits per heavy atom. The number of rotatable bonds is 1. The molecule has 2 unspecified atom stereocenters. The van der Waals surface area contributed by atoms with Gasteiger partial charge in [0.2, 0.25) is 5.91 Å². The molecular weight excluding hydrogens is 224 g/mol. The van der Waals surface area contributed by atoms with E-state index in [0.29, 0.717) is 6.42 Å². The maximum absolute atomic E-state index is 12.0. The highest BCUT2D eigenvalue weighted by molar-refractivity contribution is 5.77. The third-order valence-corrected chi connectivity index (χ3v) is 4.11. The second-order valence-corrected chi connectivity index (χ2v) is 5.29. The summed E-state index contributed by atoms with van der Waals surface area (Å²) in [5.74, 6) is 0.203. The number of hydrogen-bond acceptors (Lipinski definition) is 2. The maximum Gasteiger partial charge on any atom is 0.222 e. The third kappa shape index (κ3) is 2.27. The van der Waals surface area contributed by atoms with Crippen LogP contribution in [-0.2, 0) is 4.79 Å². The molecule has 0 bridgehead atoms. The van der Waals surface area contributed by atoms with Gasteiger partial charge in [0.25, 0.3) is 0 Å². The summed E-state index contributed by atoms with van der Waals surface area (Å²) >= 11 is 0. The molecule has 1 aromatic carbocycles. The molecule has 0 spiro atoms. The molecule has 3 heteroatoms. The summed E-state index contributed by atoms with van der Waals surface area (Å²) in [5.41, 5.74) is 9.99. The maximum atomic E-state index is 12.0. The average Bonchev–Trinajstić information content (AvgIpc) is 2.45. The first kappa shape index (κ1) is 13.1. The lowest BCUT2D eigenvalue weighted by molar-refractivity contribution is -0.131. The topological polar surface area (TPSA) is 46.3 Å². The Balaban J connectivity index is 2.45. The minimum Gasteiger partial charge on any atom is -0.337 e. The number of carbonyl (C=O) groups is 1. The van der Waals surface area contributed by atoms with Gasteiger partial charge in [0, 0.05) is 19.5 Å². The number of carbonyl (C=O) groups excluding carboxylic acids is 1. The van der Waals surface area contributed by atoms with E-state index in [0.717, 1.165) is 12.8 Å². The fraction of sp³-hybridized carbons (Fsp3) is 0.533. The van der Waals surface area contributed by atoms with Crippen LogP contribution >= 0.6 is 0 Å². The first-order valence-corrected chi connectivity index (χ1v) is 6.59. The molecule has 1 saturated heterocycles. The first-order chi connectivity index (χ1) is 8.52. The summed E-state index contributed by atoms with van der Waals surface area (Å²) in [6.07, 6.45) is 2.42. The molecule has 1 heterocycles. The number of likely N-dealkylation sites (N-methyl/N-ethyl adjacent to an activating group) is 1.